The third-order valence-corrected chi connectivity index (χ3v) is 3.59. The Kier molecular flexibility index (Phi) is 4.54. The van der Waals surface area contributed by atoms with Crippen LogP contribution in [0.3, 0.4) is 0 Å². The van der Waals surface area contributed by atoms with Gasteiger partial charge in [0.15, 0.2) is 0 Å². The number of rotatable bonds is 5. The number of carbonyl (C=O) groups is 1. The van der Waals surface area contributed by atoms with Gasteiger partial charge in [0.25, 0.3) is 5.69 Å². The van der Waals surface area contributed by atoms with Crippen LogP contribution in [0.5, 0.6) is 0 Å². The highest BCUT2D eigenvalue weighted by molar-refractivity contribution is 5.84. The van der Waals surface area contributed by atoms with E-state index in [4.69, 9.17) is 4.74 Å². The molecular weight excluding hydrogens is 274 g/mol. The van der Waals surface area contributed by atoms with Crippen LogP contribution < -0.4 is 5.32 Å². The smallest absolute Gasteiger partial charge is 0.269 e. The van der Waals surface area contributed by atoms with E-state index in [0.29, 0.717) is 12.2 Å². The van der Waals surface area contributed by atoms with E-state index in [1.807, 2.05) is 6.92 Å². The third-order valence-electron chi connectivity index (χ3n) is 3.59. The molecule has 7 nitrogen and oxygen atoms in total. The molecular formula is C14H19N3O4. The molecule has 1 fully saturated rings. The van der Waals surface area contributed by atoms with E-state index in [0.717, 1.165) is 0 Å². The molecule has 1 aromatic carbocycles. The largest absolute Gasteiger partial charge is 0.383 e. The second kappa shape index (κ2) is 6.19. The lowest BCUT2D eigenvalue weighted by Crippen LogP contribution is -2.40. The second-order valence-electron chi connectivity index (χ2n) is 5.19. The topological polar surface area (TPSA) is 84.7 Å². The van der Waals surface area contributed by atoms with E-state index < -0.39 is 4.92 Å². The Hall–Kier alpha value is -1.99. The fourth-order valence-corrected chi connectivity index (χ4v) is 2.60. The Labute approximate surface area is 123 Å². The van der Waals surface area contributed by atoms with Crippen LogP contribution in [0.1, 0.15) is 25.6 Å². The average Bonchev–Trinajstić information content (AvgIpc) is 2.75. The van der Waals surface area contributed by atoms with Crippen LogP contribution >= 0.6 is 0 Å². The number of ether oxygens (including phenoxy) is 1. The number of nitrogens with zero attached hydrogens (tertiary/aromatic N) is 2. The van der Waals surface area contributed by atoms with Gasteiger partial charge in [-0.25, -0.2) is 0 Å². The molecule has 1 aliphatic heterocycles. The normalized spacial score (nSPS) is 23.4. The van der Waals surface area contributed by atoms with E-state index >= 15 is 0 Å². The molecule has 0 saturated carbocycles. The van der Waals surface area contributed by atoms with Crippen LogP contribution in [-0.4, -0.2) is 41.5 Å². The highest BCUT2D eigenvalue weighted by Gasteiger charge is 2.40. The van der Waals surface area contributed by atoms with Gasteiger partial charge in [-0.3, -0.25) is 20.2 Å². The summed E-state index contributed by atoms with van der Waals surface area (Å²) < 4.78 is 5.12. The van der Waals surface area contributed by atoms with Crippen molar-refractivity contribution in [1.82, 2.24) is 10.2 Å². The number of nitro groups is 1. The van der Waals surface area contributed by atoms with E-state index in [9.17, 15) is 14.9 Å². The van der Waals surface area contributed by atoms with Crippen molar-refractivity contribution >= 4 is 11.6 Å². The van der Waals surface area contributed by atoms with Crippen molar-refractivity contribution in [3.63, 3.8) is 0 Å². The van der Waals surface area contributed by atoms with Crippen LogP contribution in [0, 0.1) is 10.1 Å². The lowest BCUT2D eigenvalue weighted by Gasteiger charge is -2.30. The molecule has 114 valence electrons. The van der Waals surface area contributed by atoms with Gasteiger partial charge in [-0.2, -0.15) is 0 Å². The number of amides is 1. The molecule has 0 aromatic heterocycles. The van der Waals surface area contributed by atoms with E-state index in [1.165, 1.54) is 12.1 Å². The summed E-state index contributed by atoms with van der Waals surface area (Å²) >= 11 is 0. The van der Waals surface area contributed by atoms with Crippen molar-refractivity contribution in [3.05, 3.63) is 39.9 Å². The summed E-state index contributed by atoms with van der Waals surface area (Å²) in [4.78, 5) is 24.4. The number of nitro benzene ring substituents is 1. The molecule has 21 heavy (non-hydrogen) atoms. The molecule has 1 aliphatic rings. The molecule has 1 N–H and O–H groups in total. The van der Waals surface area contributed by atoms with Gasteiger partial charge in [0.05, 0.1) is 23.6 Å². The fourth-order valence-electron chi connectivity index (χ4n) is 2.60. The van der Waals surface area contributed by atoms with Crippen molar-refractivity contribution in [2.45, 2.75) is 32.1 Å². The predicted octanol–water partition coefficient (Wildman–Crippen LogP) is 1.45. The molecule has 1 amide bonds. The number of hydrogen-bond donors (Lipinski definition) is 1. The molecule has 1 aromatic rings. The van der Waals surface area contributed by atoms with Crippen LogP contribution in [0.2, 0.25) is 0 Å². The molecule has 1 saturated heterocycles. The Morgan fingerprint density at radius 3 is 2.86 bits per heavy atom. The minimum atomic E-state index is -0.438. The van der Waals surface area contributed by atoms with E-state index in [-0.39, 0.29) is 29.8 Å². The molecule has 1 heterocycles. The second-order valence-corrected chi connectivity index (χ2v) is 5.19. The van der Waals surface area contributed by atoms with Crippen molar-refractivity contribution < 1.29 is 14.5 Å². The highest BCUT2D eigenvalue weighted by Crippen LogP contribution is 2.29. The zero-order chi connectivity index (χ0) is 15.6. The first-order valence-electron chi connectivity index (χ1n) is 6.77. The molecule has 0 aliphatic carbocycles. The van der Waals surface area contributed by atoms with Gasteiger partial charge in [-0.1, -0.05) is 12.1 Å². The van der Waals surface area contributed by atoms with Gasteiger partial charge in [0, 0.05) is 19.2 Å². The Morgan fingerprint density at radius 2 is 2.24 bits per heavy atom. The predicted molar refractivity (Wildman–Crippen MR) is 76.6 cm³/mol. The van der Waals surface area contributed by atoms with Gasteiger partial charge in [-0.05, 0) is 19.4 Å². The van der Waals surface area contributed by atoms with Crippen LogP contribution in [0.15, 0.2) is 24.3 Å². The average molecular weight is 293 g/mol. The first-order valence-corrected chi connectivity index (χ1v) is 6.77. The molecule has 3 unspecified atom stereocenters. The monoisotopic (exact) mass is 293 g/mol. The third kappa shape index (κ3) is 3.03. The first kappa shape index (κ1) is 15.4. The van der Waals surface area contributed by atoms with Gasteiger partial charge in [0.1, 0.15) is 6.17 Å². The first-order chi connectivity index (χ1) is 9.95. The number of hydrogen-bond acceptors (Lipinski definition) is 5. The number of benzene rings is 1. The maximum absolute atomic E-state index is 12.3. The lowest BCUT2D eigenvalue weighted by molar-refractivity contribution is -0.385. The summed E-state index contributed by atoms with van der Waals surface area (Å²) in [5.41, 5.74) is 0.713. The molecule has 2 rings (SSSR count). The molecule has 0 spiro atoms. The Morgan fingerprint density at radius 1 is 1.52 bits per heavy atom. The highest BCUT2D eigenvalue weighted by atomic mass is 16.6. The minimum Gasteiger partial charge on any atom is -0.383 e. The maximum atomic E-state index is 12.3. The molecule has 7 heteroatoms. The maximum Gasteiger partial charge on any atom is 0.269 e. The lowest BCUT2D eigenvalue weighted by atomic mass is 10.1. The zero-order valence-corrected chi connectivity index (χ0v) is 12.3. The summed E-state index contributed by atoms with van der Waals surface area (Å²) in [6.07, 6.45) is -0.377. The van der Waals surface area contributed by atoms with Gasteiger partial charge in [0.2, 0.25) is 5.91 Å². The number of carbonyl (C=O) groups excluding carboxylic acids is 1. The van der Waals surface area contributed by atoms with Crippen LogP contribution in [0.25, 0.3) is 0 Å². The Balaban J connectivity index is 2.34. The SMILES string of the molecule is COCC(C)N1C(=O)C(C)NC1c1cccc([N+](=O)[O-])c1. The van der Waals surface area contributed by atoms with Crippen LogP contribution in [0.4, 0.5) is 5.69 Å². The minimum absolute atomic E-state index is 0.0145. The molecule has 3 atom stereocenters. The van der Waals surface area contributed by atoms with Crippen molar-refractivity contribution in [2.24, 2.45) is 0 Å². The van der Waals surface area contributed by atoms with Gasteiger partial charge in [-0.15, -0.1) is 0 Å². The zero-order valence-electron chi connectivity index (χ0n) is 12.3. The van der Waals surface area contributed by atoms with Gasteiger partial charge < -0.3 is 9.64 Å². The standard InChI is InChI=1S/C14H19N3O4/c1-9(8-21-3)16-13(15-10(2)14(16)18)11-5-4-6-12(7-11)17(19)20/h4-7,9-10,13,15H,8H2,1-3H3. The van der Waals surface area contributed by atoms with Crippen LogP contribution in [-0.2, 0) is 9.53 Å². The Bertz CT molecular complexity index is 549. The summed E-state index contributed by atoms with van der Waals surface area (Å²) in [5.74, 6) is -0.0314. The van der Waals surface area contributed by atoms with E-state index in [1.54, 1.807) is 31.1 Å². The fraction of sp³-hybridized carbons (Fsp3) is 0.500. The summed E-state index contributed by atoms with van der Waals surface area (Å²) in [5, 5.41) is 14.1. The van der Waals surface area contributed by atoms with Crippen molar-refractivity contribution in [3.8, 4) is 0 Å². The summed E-state index contributed by atoms with van der Waals surface area (Å²) in [6, 6.07) is 5.89. The summed E-state index contributed by atoms with van der Waals surface area (Å²) in [7, 11) is 1.58. The number of nitrogens with one attached hydrogen (secondary N) is 1. The quantitative estimate of drug-likeness (QED) is 0.656. The van der Waals surface area contributed by atoms with E-state index in [2.05, 4.69) is 5.32 Å². The number of non-ortho nitro benzene ring substituents is 1. The van der Waals surface area contributed by atoms with Crippen molar-refractivity contribution in [2.75, 3.05) is 13.7 Å². The van der Waals surface area contributed by atoms with Crippen molar-refractivity contribution in [1.29, 1.82) is 0 Å². The molecule has 0 bridgehead atoms. The molecule has 0 radical (unpaired) electrons. The number of methoxy groups -OCH3 is 1. The van der Waals surface area contributed by atoms with Gasteiger partial charge >= 0.3 is 0 Å². The summed E-state index contributed by atoms with van der Waals surface area (Å²) in [6.45, 7) is 4.09.